The van der Waals surface area contributed by atoms with Crippen LogP contribution < -0.4 is 0 Å². The second kappa shape index (κ2) is 4.49. The molecule has 1 saturated heterocycles. The lowest BCUT2D eigenvalue weighted by Gasteiger charge is -2.25. The van der Waals surface area contributed by atoms with Crippen molar-refractivity contribution in [2.45, 2.75) is 25.2 Å². The Morgan fingerprint density at radius 3 is 3.00 bits per heavy atom. The highest BCUT2D eigenvalue weighted by molar-refractivity contribution is 4.69. The molecule has 3 nitrogen and oxygen atoms in total. The summed E-state index contributed by atoms with van der Waals surface area (Å²) in [7, 11) is 0. The molecule has 3 heteroatoms. The zero-order valence-electron chi connectivity index (χ0n) is 6.53. The minimum absolute atomic E-state index is 0.136. The summed E-state index contributed by atoms with van der Waals surface area (Å²) in [6.07, 6.45) is 2.80. The van der Waals surface area contributed by atoms with E-state index < -0.39 is 6.29 Å². The normalized spacial score (nSPS) is 31.7. The van der Waals surface area contributed by atoms with Gasteiger partial charge in [0, 0.05) is 6.42 Å². The van der Waals surface area contributed by atoms with E-state index in [2.05, 4.69) is 6.58 Å². The van der Waals surface area contributed by atoms with Crippen LogP contribution in [0.2, 0.25) is 0 Å². The topological polar surface area (TPSA) is 38.7 Å². The van der Waals surface area contributed by atoms with Crippen molar-refractivity contribution in [2.75, 3.05) is 13.2 Å². The highest BCUT2D eigenvalue weighted by Crippen LogP contribution is 2.13. The Bertz CT molecular complexity index is 117. The maximum absolute atomic E-state index is 8.95. The lowest BCUT2D eigenvalue weighted by atomic mass is 10.1. The number of rotatable bonds is 3. The van der Waals surface area contributed by atoms with Gasteiger partial charge in [0.25, 0.3) is 0 Å². The van der Waals surface area contributed by atoms with Gasteiger partial charge in [-0.15, -0.1) is 6.58 Å². The van der Waals surface area contributed by atoms with E-state index in [1.165, 1.54) is 0 Å². The summed E-state index contributed by atoms with van der Waals surface area (Å²) in [6.45, 7) is 4.60. The van der Waals surface area contributed by atoms with Crippen LogP contribution in [0.4, 0.5) is 0 Å². The fraction of sp³-hybridized carbons (Fsp3) is 0.750. The van der Waals surface area contributed by atoms with Crippen LogP contribution in [0, 0.1) is 0 Å². The SMILES string of the molecule is C=CCO[C@@H]1CC[C@@H](O)OC1. The van der Waals surface area contributed by atoms with Gasteiger partial charge in [-0.1, -0.05) is 6.08 Å². The summed E-state index contributed by atoms with van der Waals surface area (Å²) in [4.78, 5) is 0. The maximum Gasteiger partial charge on any atom is 0.154 e. The summed E-state index contributed by atoms with van der Waals surface area (Å²) in [5, 5.41) is 8.95. The molecule has 0 radical (unpaired) electrons. The van der Waals surface area contributed by atoms with E-state index >= 15 is 0 Å². The van der Waals surface area contributed by atoms with Gasteiger partial charge < -0.3 is 14.6 Å². The van der Waals surface area contributed by atoms with Crippen LogP contribution in [0.15, 0.2) is 12.7 Å². The van der Waals surface area contributed by atoms with Gasteiger partial charge in [-0.3, -0.25) is 0 Å². The Morgan fingerprint density at radius 1 is 1.64 bits per heavy atom. The predicted molar refractivity (Wildman–Crippen MR) is 41.1 cm³/mol. The Hall–Kier alpha value is -0.380. The van der Waals surface area contributed by atoms with E-state index in [0.29, 0.717) is 19.6 Å². The number of aliphatic hydroxyl groups is 1. The van der Waals surface area contributed by atoms with Gasteiger partial charge >= 0.3 is 0 Å². The fourth-order valence-corrected chi connectivity index (χ4v) is 1.05. The van der Waals surface area contributed by atoms with Crippen LogP contribution in [-0.4, -0.2) is 30.7 Å². The van der Waals surface area contributed by atoms with Crippen LogP contribution in [0.3, 0.4) is 0 Å². The molecular weight excluding hydrogens is 144 g/mol. The van der Waals surface area contributed by atoms with E-state index in [0.717, 1.165) is 6.42 Å². The first-order chi connectivity index (χ1) is 5.33. The van der Waals surface area contributed by atoms with Crippen LogP contribution in [0.25, 0.3) is 0 Å². The molecule has 0 bridgehead atoms. The summed E-state index contributed by atoms with van der Waals surface area (Å²) in [5.74, 6) is 0. The second-order valence-electron chi connectivity index (χ2n) is 2.61. The fourth-order valence-electron chi connectivity index (χ4n) is 1.05. The number of hydrogen-bond donors (Lipinski definition) is 1. The smallest absolute Gasteiger partial charge is 0.154 e. The average molecular weight is 158 g/mol. The van der Waals surface area contributed by atoms with Crippen LogP contribution >= 0.6 is 0 Å². The van der Waals surface area contributed by atoms with Gasteiger partial charge in [0.15, 0.2) is 6.29 Å². The molecule has 0 spiro atoms. The molecule has 11 heavy (non-hydrogen) atoms. The van der Waals surface area contributed by atoms with Crippen molar-refractivity contribution >= 4 is 0 Å². The predicted octanol–water partition coefficient (Wildman–Crippen LogP) is 0.686. The van der Waals surface area contributed by atoms with Crippen LogP contribution in [-0.2, 0) is 9.47 Å². The minimum Gasteiger partial charge on any atom is -0.372 e. The monoisotopic (exact) mass is 158 g/mol. The van der Waals surface area contributed by atoms with Gasteiger partial charge in [-0.25, -0.2) is 0 Å². The lowest BCUT2D eigenvalue weighted by molar-refractivity contribution is -0.164. The van der Waals surface area contributed by atoms with Gasteiger partial charge in [-0.2, -0.15) is 0 Å². The molecule has 0 saturated carbocycles. The largest absolute Gasteiger partial charge is 0.372 e. The van der Waals surface area contributed by atoms with E-state index in [-0.39, 0.29) is 6.10 Å². The third kappa shape index (κ3) is 3.01. The molecule has 0 aromatic heterocycles. The zero-order valence-corrected chi connectivity index (χ0v) is 6.53. The maximum atomic E-state index is 8.95. The number of ether oxygens (including phenoxy) is 2. The lowest BCUT2D eigenvalue weighted by Crippen LogP contribution is -2.31. The highest BCUT2D eigenvalue weighted by Gasteiger charge is 2.19. The quantitative estimate of drug-likeness (QED) is 0.614. The molecular formula is C8H14O3. The Kier molecular flexibility index (Phi) is 3.56. The molecule has 1 heterocycles. The molecule has 0 aliphatic carbocycles. The average Bonchev–Trinajstić information content (AvgIpc) is 2.04. The minimum atomic E-state index is -0.585. The third-order valence-corrected chi connectivity index (χ3v) is 1.66. The third-order valence-electron chi connectivity index (χ3n) is 1.66. The molecule has 0 aromatic carbocycles. The molecule has 0 unspecified atom stereocenters. The zero-order chi connectivity index (χ0) is 8.10. The molecule has 2 atom stereocenters. The van der Waals surface area contributed by atoms with E-state index in [9.17, 15) is 0 Å². The second-order valence-corrected chi connectivity index (χ2v) is 2.61. The molecule has 1 aliphatic heterocycles. The van der Waals surface area contributed by atoms with Crippen molar-refractivity contribution < 1.29 is 14.6 Å². The highest BCUT2D eigenvalue weighted by atomic mass is 16.6. The first-order valence-corrected chi connectivity index (χ1v) is 3.85. The van der Waals surface area contributed by atoms with Crippen molar-refractivity contribution in [3.05, 3.63) is 12.7 Å². The molecule has 0 amide bonds. The van der Waals surface area contributed by atoms with Crippen molar-refractivity contribution in [1.82, 2.24) is 0 Å². The van der Waals surface area contributed by atoms with Crippen molar-refractivity contribution in [2.24, 2.45) is 0 Å². The molecule has 1 aliphatic rings. The van der Waals surface area contributed by atoms with Gasteiger partial charge in [-0.05, 0) is 6.42 Å². The van der Waals surface area contributed by atoms with Gasteiger partial charge in [0.2, 0.25) is 0 Å². The van der Waals surface area contributed by atoms with Gasteiger partial charge in [0.1, 0.15) is 0 Å². The number of aliphatic hydroxyl groups excluding tert-OH is 1. The van der Waals surface area contributed by atoms with E-state index in [1.807, 2.05) is 0 Å². The molecule has 1 fully saturated rings. The van der Waals surface area contributed by atoms with Gasteiger partial charge in [0.05, 0.1) is 19.3 Å². The van der Waals surface area contributed by atoms with Crippen LogP contribution in [0.5, 0.6) is 0 Å². The summed E-state index contributed by atoms with van der Waals surface area (Å²) >= 11 is 0. The molecule has 64 valence electrons. The van der Waals surface area contributed by atoms with E-state index in [4.69, 9.17) is 14.6 Å². The Labute approximate surface area is 66.6 Å². The number of hydrogen-bond acceptors (Lipinski definition) is 3. The Morgan fingerprint density at radius 2 is 2.45 bits per heavy atom. The van der Waals surface area contributed by atoms with Crippen molar-refractivity contribution in [3.63, 3.8) is 0 Å². The summed E-state index contributed by atoms with van der Waals surface area (Å²) < 4.78 is 10.3. The molecule has 1 N–H and O–H groups in total. The van der Waals surface area contributed by atoms with Crippen molar-refractivity contribution in [3.8, 4) is 0 Å². The summed E-state index contributed by atoms with van der Waals surface area (Å²) in [5.41, 5.74) is 0. The Balaban J connectivity index is 2.12. The molecule has 1 rings (SSSR count). The van der Waals surface area contributed by atoms with E-state index in [1.54, 1.807) is 6.08 Å². The first kappa shape index (κ1) is 8.71. The van der Waals surface area contributed by atoms with Crippen molar-refractivity contribution in [1.29, 1.82) is 0 Å². The first-order valence-electron chi connectivity index (χ1n) is 3.85. The summed E-state index contributed by atoms with van der Waals surface area (Å²) in [6, 6.07) is 0. The molecule has 0 aromatic rings. The van der Waals surface area contributed by atoms with Crippen LogP contribution in [0.1, 0.15) is 12.8 Å². The standard InChI is InChI=1S/C8H14O3/c1-2-5-10-7-3-4-8(9)11-6-7/h2,7-9H,1,3-6H2/t7-,8+/m1/s1.